The molecule has 2 N–H and O–H groups in total. The van der Waals surface area contributed by atoms with Crippen molar-refractivity contribution in [1.29, 1.82) is 0 Å². The van der Waals surface area contributed by atoms with Crippen LogP contribution in [0.1, 0.15) is 31.5 Å². The quantitative estimate of drug-likeness (QED) is 0.926. The molecule has 0 fully saturated rings. The van der Waals surface area contributed by atoms with Crippen molar-refractivity contribution in [1.82, 2.24) is 24.7 Å². The van der Waals surface area contributed by atoms with Gasteiger partial charge in [-0.25, -0.2) is 15.0 Å². The predicted octanol–water partition coefficient (Wildman–Crippen LogP) is 1.82. The van der Waals surface area contributed by atoms with Crippen LogP contribution in [0, 0.1) is 0 Å². The minimum Gasteiger partial charge on any atom is -0.322 e. The molecule has 0 aliphatic rings. The summed E-state index contributed by atoms with van der Waals surface area (Å²) in [6.45, 7) is 3.85. The van der Waals surface area contributed by atoms with Gasteiger partial charge < -0.3 is 5.73 Å². The van der Waals surface area contributed by atoms with Crippen molar-refractivity contribution in [3.05, 3.63) is 28.5 Å². The fraction of sp³-hybridized carbons (Fsp3) is 0.400. The molecule has 0 aliphatic heterocycles. The first-order valence-corrected chi connectivity index (χ1v) is 6.10. The number of aromatic nitrogens is 5. The standard InChI is InChI=1S/C10H13BrN6.ClH/c1-3-8-15-9(6(2)12)17(16-8)10-13-4-7(11)5-14-10;/h4-6H,3,12H2,1-2H3;1H/t6-;/m0./s1. The largest absolute Gasteiger partial charge is 0.322 e. The molecule has 0 saturated heterocycles. The van der Waals surface area contributed by atoms with Gasteiger partial charge in [-0.3, -0.25) is 0 Å². The number of halogens is 2. The van der Waals surface area contributed by atoms with E-state index in [0.717, 1.165) is 16.7 Å². The molecule has 0 aliphatic carbocycles. The Labute approximate surface area is 120 Å². The molecule has 2 rings (SSSR count). The summed E-state index contributed by atoms with van der Waals surface area (Å²) in [7, 11) is 0. The number of nitrogens with zero attached hydrogens (tertiary/aromatic N) is 5. The van der Waals surface area contributed by atoms with E-state index in [9.17, 15) is 0 Å². The van der Waals surface area contributed by atoms with Crippen LogP contribution < -0.4 is 5.73 Å². The van der Waals surface area contributed by atoms with Gasteiger partial charge >= 0.3 is 0 Å². The van der Waals surface area contributed by atoms with Crippen molar-refractivity contribution in [2.45, 2.75) is 26.3 Å². The molecule has 2 aromatic heterocycles. The zero-order chi connectivity index (χ0) is 12.4. The fourth-order valence-corrected chi connectivity index (χ4v) is 1.58. The molecule has 8 heteroatoms. The van der Waals surface area contributed by atoms with Gasteiger partial charge in [-0.1, -0.05) is 6.92 Å². The van der Waals surface area contributed by atoms with Crippen molar-refractivity contribution in [2.24, 2.45) is 5.73 Å². The smallest absolute Gasteiger partial charge is 0.252 e. The molecular formula is C10H14BrClN6. The fourth-order valence-electron chi connectivity index (χ4n) is 1.38. The lowest BCUT2D eigenvalue weighted by Gasteiger charge is -2.05. The predicted molar refractivity (Wildman–Crippen MR) is 73.9 cm³/mol. The Balaban J connectivity index is 0.00000162. The van der Waals surface area contributed by atoms with Crippen LogP contribution in [-0.2, 0) is 6.42 Å². The lowest BCUT2D eigenvalue weighted by Crippen LogP contribution is -2.15. The lowest BCUT2D eigenvalue weighted by atomic mass is 10.3. The van der Waals surface area contributed by atoms with Crippen LogP contribution in [0.5, 0.6) is 0 Å². The van der Waals surface area contributed by atoms with Crippen LogP contribution in [0.25, 0.3) is 5.95 Å². The van der Waals surface area contributed by atoms with Gasteiger partial charge in [-0.2, -0.15) is 4.68 Å². The van der Waals surface area contributed by atoms with Gasteiger partial charge in [0.25, 0.3) is 5.95 Å². The normalized spacial score (nSPS) is 12.0. The van der Waals surface area contributed by atoms with E-state index in [1.165, 1.54) is 0 Å². The van der Waals surface area contributed by atoms with Gasteiger partial charge in [-0.05, 0) is 22.9 Å². The minimum atomic E-state index is -0.213. The molecule has 2 heterocycles. The van der Waals surface area contributed by atoms with Gasteiger partial charge in [0.15, 0.2) is 11.6 Å². The van der Waals surface area contributed by atoms with Crippen molar-refractivity contribution >= 4 is 28.3 Å². The highest BCUT2D eigenvalue weighted by atomic mass is 79.9. The van der Waals surface area contributed by atoms with E-state index < -0.39 is 0 Å². The molecule has 0 amide bonds. The Morgan fingerprint density at radius 3 is 2.50 bits per heavy atom. The molecule has 0 aromatic carbocycles. The summed E-state index contributed by atoms with van der Waals surface area (Å²) >= 11 is 3.29. The third-order valence-corrected chi connectivity index (χ3v) is 2.61. The first-order chi connectivity index (χ1) is 8.11. The van der Waals surface area contributed by atoms with Crippen LogP contribution in [-0.4, -0.2) is 24.7 Å². The lowest BCUT2D eigenvalue weighted by molar-refractivity contribution is 0.667. The van der Waals surface area contributed by atoms with E-state index in [-0.39, 0.29) is 18.4 Å². The highest BCUT2D eigenvalue weighted by molar-refractivity contribution is 9.10. The summed E-state index contributed by atoms with van der Waals surface area (Å²) in [5.41, 5.74) is 5.86. The molecule has 0 unspecified atom stereocenters. The third-order valence-electron chi connectivity index (χ3n) is 2.20. The maximum Gasteiger partial charge on any atom is 0.252 e. The summed E-state index contributed by atoms with van der Waals surface area (Å²) < 4.78 is 2.41. The highest BCUT2D eigenvalue weighted by Crippen LogP contribution is 2.13. The van der Waals surface area contributed by atoms with Gasteiger partial charge in [0.1, 0.15) is 0 Å². The first kappa shape index (κ1) is 15.0. The molecule has 0 spiro atoms. The van der Waals surface area contributed by atoms with E-state index in [2.05, 4.69) is 36.0 Å². The zero-order valence-electron chi connectivity index (χ0n) is 10.0. The molecule has 6 nitrogen and oxygen atoms in total. The van der Waals surface area contributed by atoms with Gasteiger partial charge in [0.05, 0.1) is 10.5 Å². The van der Waals surface area contributed by atoms with Crippen LogP contribution in [0.2, 0.25) is 0 Å². The Kier molecular flexibility index (Phi) is 5.18. The molecule has 0 radical (unpaired) electrons. The summed E-state index contributed by atoms with van der Waals surface area (Å²) in [5.74, 6) is 1.89. The van der Waals surface area contributed by atoms with Crippen molar-refractivity contribution < 1.29 is 0 Å². The van der Waals surface area contributed by atoms with Crippen molar-refractivity contribution in [2.75, 3.05) is 0 Å². The van der Waals surface area contributed by atoms with E-state index in [4.69, 9.17) is 5.73 Å². The number of hydrogen-bond donors (Lipinski definition) is 1. The van der Waals surface area contributed by atoms with E-state index in [1.54, 1.807) is 17.1 Å². The maximum absolute atomic E-state index is 5.86. The number of nitrogens with two attached hydrogens (primary N) is 1. The second-order valence-corrected chi connectivity index (χ2v) is 4.56. The summed E-state index contributed by atoms with van der Waals surface area (Å²) in [4.78, 5) is 12.7. The molecular weight excluding hydrogens is 320 g/mol. The van der Waals surface area contributed by atoms with Gasteiger partial charge in [-0.15, -0.1) is 17.5 Å². The number of aryl methyl sites for hydroxylation is 1. The Morgan fingerprint density at radius 2 is 2.00 bits per heavy atom. The second kappa shape index (κ2) is 6.21. The molecule has 1 atom stereocenters. The van der Waals surface area contributed by atoms with Gasteiger partial charge in [0.2, 0.25) is 0 Å². The number of hydrogen-bond acceptors (Lipinski definition) is 5. The average molecular weight is 334 g/mol. The zero-order valence-corrected chi connectivity index (χ0v) is 12.4. The van der Waals surface area contributed by atoms with Crippen LogP contribution in [0.15, 0.2) is 16.9 Å². The third kappa shape index (κ3) is 3.04. The first-order valence-electron chi connectivity index (χ1n) is 5.31. The molecule has 0 bridgehead atoms. The van der Waals surface area contributed by atoms with Crippen LogP contribution in [0.3, 0.4) is 0 Å². The second-order valence-electron chi connectivity index (χ2n) is 3.64. The highest BCUT2D eigenvalue weighted by Gasteiger charge is 2.15. The molecule has 2 aromatic rings. The summed E-state index contributed by atoms with van der Waals surface area (Å²) in [5, 5.41) is 4.34. The summed E-state index contributed by atoms with van der Waals surface area (Å²) in [6.07, 6.45) is 4.09. The van der Waals surface area contributed by atoms with Crippen molar-refractivity contribution in [3.63, 3.8) is 0 Å². The maximum atomic E-state index is 5.86. The van der Waals surface area contributed by atoms with Crippen molar-refractivity contribution in [3.8, 4) is 5.95 Å². The Bertz CT molecular complexity index is 510. The average Bonchev–Trinajstić information content (AvgIpc) is 2.74. The monoisotopic (exact) mass is 332 g/mol. The van der Waals surface area contributed by atoms with Crippen LogP contribution >= 0.6 is 28.3 Å². The van der Waals surface area contributed by atoms with Crippen LogP contribution in [0.4, 0.5) is 0 Å². The molecule has 0 saturated carbocycles. The summed E-state index contributed by atoms with van der Waals surface area (Å²) in [6, 6.07) is -0.213. The SMILES string of the molecule is CCc1nc([C@H](C)N)n(-c2ncc(Br)cn2)n1.Cl. The Hall–Kier alpha value is -1.05. The molecule has 18 heavy (non-hydrogen) atoms. The topological polar surface area (TPSA) is 82.5 Å². The van der Waals surface area contributed by atoms with Gasteiger partial charge in [0, 0.05) is 18.8 Å². The Morgan fingerprint density at radius 1 is 1.39 bits per heavy atom. The minimum absolute atomic E-state index is 0. The van der Waals surface area contributed by atoms with E-state index in [0.29, 0.717) is 11.8 Å². The number of rotatable bonds is 3. The van der Waals surface area contributed by atoms with E-state index >= 15 is 0 Å². The molecule has 98 valence electrons. The van der Waals surface area contributed by atoms with E-state index in [1.807, 2.05) is 13.8 Å².